The van der Waals surface area contributed by atoms with Crippen molar-refractivity contribution in [1.82, 2.24) is 10.6 Å². The zero-order chi connectivity index (χ0) is 38.1. The van der Waals surface area contributed by atoms with Crippen molar-refractivity contribution >= 4 is 20.3 Å². The van der Waals surface area contributed by atoms with Crippen molar-refractivity contribution in [3.8, 4) is 5.75 Å². The Bertz CT molecular complexity index is 1540. The number of aliphatic hydroxyl groups excluding tert-OH is 1. The SMILES string of the molecule is CC1CCC(O)C1NC(=O)C(Cc1ccc(OCc2ccccc2)cc1)CC(O[Si](C)(C)C(C)(C)C)C(Cc1ccccc1)NC(=O)OC(C)(C)C. The zero-order valence-electron chi connectivity index (χ0n) is 32.8. The molecule has 1 saturated carbocycles. The first-order chi connectivity index (χ1) is 24.4. The standard InChI is InChI=1S/C43H62N2O6Si/c1-30-20-25-37(46)39(30)45-40(47)34(26-32-21-23-35(24-22-32)49-29-33-18-14-11-15-19-33)28-38(51-52(8,9)43(5,6)7)36(27-31-16-12-10-13-17-31)44-41(48)50-42(2,3)4/h10-19,21-24,30,34,36-39,46H,20,25-29H2,1-9H3,(H,44,48)(H,45,47). The van der Waals surface area contributed by atoms with Gasteiger partial charge < -0.3 is 29.6 Å². The third kappa shape index (κ3) is 12.5. The van der Waals surface area contributed by atoms with Crippen LogP contribution in [0.2, 0.25) is 18.1 Å². The van der Waals surface area contributed by atoms with E-state index in [0.29, 0.717) is 32.3 Å². The largest absolute Gasteiger partial charge is 0.489 e. The lowest BCUT2D eigenvalue weighted by Gasteiger charge is -2.42. The van der Waals surface area contributed by atoms with E-state index in [2.05, 4.69) is 51.4 Å². The molecule has 2 amide bonds. The first kappa shape index (κ1) is 41.1. The Balaban J connectivity index is 1.68. The summed E-state index contributed by atoms with van der Waals surface area (Å²) in [6.45, 7) is 19.1. The van der Waals surface area contributed by atoms with Gasteiger partial charge in [-0.1, -0.05) is 100 Å². The minimum absolute atomic E-state index is 0.120. The highest BCUT2D eigenvalue weighted by atomic mass is 28.4. The molecule has 0 spiro atoms. The van der Waals surface area contributed by atoms with Gasteiger partial charge in [0.1, 0.15) is 18.0 Å². The maximum absolute atomic E-state index is 14.4. The van der Waals surface area contributed by atoms with Crippen molar-refractivity contribution in [2.24, 2.45) is 11.8 Å². The normalized spacial score (nSPS) is 19.7. The highest BCUT2D eigenvalue weighted by molar-refractivity contribution is 6.74. The molecule has 9 heteroatoms. The molecular weight excluding hydrogens is 669 g/mol. The van der Waals surface area contributed by atoms with Gasteiger partial charge >= 0.3 is 6.09 Å². The summed E-state index contributed by atoms with van der Waals surface area (Å²) < 4.78 is 19.0. The number of hydrogen-bond acceptors (Lipinski definition) is 6. The molecule has 0 saturated heterocycles. The van der Waals surface area contributed by atoms with Crippen LogP contribution in [-0.4, -0.2) is 55.3 Å². The van der Waals surface area contributed by atoms with Crippen molar-refractivity contribution in [1.29, 1.82) is 0 Å². The van der Waals surface area contributed by atoms with Crippen LogP contribution in [0.1, 0.15) is 84.4 Å². The van der Waals surface area contributed by atoms with Crippen LogP contribution in [0, 0.1) is 11.8 Å². The van der Waals surface area contributed by atoms with E-state index in [0.717, 1.165) is 28.9 Å². The molecule has 4 rings (SSSR count). The molecule has 52 heavy (non-hydrogen) atoms. The average molecular weight is 731 g/mol. The van der Waals surface area contributed by atoms with Gasteiger partial charge in [-0.25, -0.2) is 4.79 Å². The highest BCUT2D eigenvalue weighted by Crippen LogP contribution is 2.39. The van der Waals surface area contributed by atoms with Gasteiger partial charge in [-0.05, 0) is 106 Å². The molecule has 1 fully saturated rings. The quantitative estimate of drug-likeness (QED) is 0.135. The summed E-state index contributed by atoms with van der Waals surface area (Å²) in [6, 6.07) is 27.2. The van der Waals surface area contributed by atoms with Gasteiger partial charge in [0.05, 0.1) is 24.3 Å². The number of alkyl carbamates (subject to hydrolysis) is 1. The van der Waals surface area contributed by atoms with Crippen molar-refractivity contribution in [2.75, 3.05) is 0 Å². The van der Waals surface area contributed by atoms with E-state index >= 15 is 0 Å². The minimum Gasteiger partial charge on any atom is -0.489 e. The number of rotatable bonds is 15. The Morgan fingerprint density at radius 1 is 0.827 bits per heavy atom. The molecule has 0 radical (unpaired) electrons. The van der Waals surface area contributed by atoms with Crippen molar-refractivity contribution in [2.45, 2.75) is 135 Å². The maximum Gasteiger partial charge on any atom is 0.407 e. The molecule has 3 aromatic carbocycles. The fourth-order valence-corrected chi connectivity index (χ4v) is 7.83. The van der Waals surface area contributed by atoms with Crippen LogP contribution in [0.25, 0.3) is 0 Å². The van der Waals surface area contributed by atoms with Gasteiger partial charge in [0, 0.05) is 5.92 Å². The van der Waals surface area contributed by atoms with E-state index in [4.69, 9.17) is 13.9 Å². The summed E-state index contributed by atoms with van der Waals surface area (Å²) >= 11 is 0. The molecule has 1 aliphatic rings. The summed E-state index contributed by atoms with van der Waals surface area (Å²) in [4.78, 5) is 27.8. The lowest BCUT2D eigenvalue weighted by atomic mass is 9.88. The fraction of sp³-hybridized carbons (Fsp3) is 0.535. The van der Waals surface area contributed by atoms with E-state index in [9.17, 15) is 14.7 Å². The number of nitrogens with one attached hydrogen (secondary N) is 2. The highest BCUT2D eigenvalue weighted by Gasteiger charge is 2.43. The van der Waals surface area contributed by atoms with Crippen molar-refractivity contribution < 1.29 is 28.6 Å². The lowest BCUT2D eigenvalue weighted by Crippen LogP contribution is -2.55. The molecule has 0 aliphatic heterocycles. The second-order valence-corrected chi connectivity index (χ2v) is 21.8. The summed E-state index contributed by atoms with van der Waals surface area (Å²) in [7, 11) is -2.42. The number of ether oxygens (including phenoxy) is 2. The van der Waals surface area contributed by atoms with Crippen LogP contribution < -0.4 is 15.4 Å². The predicted molar refractivity (Wildman–Crippen MR) is 211 cm³/mol. The van der Waals surface area contributed by atoms with Gasteiger partial charge in [-0.15, -0.1) is 0 Å². The first-order valence-electron chi connectivity index (χ1n) is 18.9. The topological polar surface area (TPSA) is 106 Å². The molecule has 1 aliphatic carbocycles. The molecule has 6 atom stereocenters. The summed E-state index contributed by atoms with van der Waals surface area (Å²) in [6.07, 6.45) is 1.21. The third-order valence-electron chi connectivity index (χ3n) is 10.5. The van der Waals surface area contributed by atoms with E-state index in [1.807, 2.05) is 106 Å². The smallest absolute Gasteiger partial charge is 0.407 e. The number of amides is 2. The molecular formula is C43H62N2O6Si. The van der Waals surface area contributed by atoms with E-state index in [1.165, 1.54) is 0 Å². The Morgan fingerprint density at radius 3 is 1.94 bits per heavy atom. The van der Waals surface area contributed by atoms with Gasteiger partial charge in [0.25, 0.3) is 0 Å². The van der Waals surface area contributed by atoms with Crippen LogP contribution in [0.3, 0.4) is 0 Å². The maximum atomic E-state index is 14.4. The van der Waals surface area contributed by atoms with Crippen LogP contribution in [-0.2, 0) is 33.4 Å². The lowest BCUT2D eigenvalue weighted by molar-refractivity contribution is -0.127. The number of aliphatic hydroxyl groups is 1. The molecule has 0 bridgehead atoms. The van der Waals surface area contributed by atoms with Gasteiger partial charge in [0.2, 0.25) is 5.91 Å². The number of carbonyl (C=O) groups excluding carboxylic acids is 2. The third-order valence-corrected chi connectivity index (χ3v) is 15.0. The number of benzene rings is 3. The van der Waals surface area contributed by atoms with Crippen LogP contribution >= 0.6 is 0 Å². The first-order valence-corrected chi connectivity index (χ1v) is 21.8. The summed E-state index contributed by atoms with van der Waals surface area (Å²) in [5.74, 6) is 0.283. The Morgan fingerprint density at radius 2 is 1.40 bits per heavy atom. The zero-order valence-corrected chi connectivity index (χ0v) is 33.8. The summed E-state index contributed by atoms with van der Waals surface area (Å²) in [5.41, 5.74) is 2.43. The summed E-state index contributed by atoms with van der Waals surface area (Å²) in [5, 5.41) is 17.1. The molecule has 6 unspecified atom stereocenters. The van der Waals surface area contributed by atoms with E-state index < -0.39 is 44.2 Å². The fourth-order valence-electron chi connectivity index (χ4n) is 6.46. The van der Waals surface area contributed by atoms with Crippen molar-refractivity contribution in [3.63, 3.8) is 0 Å². The van der Waals surface area contributed by atoms with Crippen molar-refractivity contribution in [3.05, 3.63) is 102 Å². The Hall–Kier alpha value is -3.66. The van der Waals surface area contributed by atoms with Gasteiger partial charge in [0.15, 0.2) is 8.32 Å². The minimum atomic E-state index is -2.42. The van der Waals surface area contributed by atoms with Gasteiger partial charge in [-0.2, -0.15) is 0 Å². The molecule has 8 nitrogen and oxygen atoms in total. The monoisotopic (exact) mass is 730 g/mol. The molecule has 284 valence electrons. The predicted octanol–water partition coefficient (Wildman–Crippen LogP) is 8.62. The Kier molecular flexibility index (Phi) is 14.2. The van der Waals surface area contributed by atoms with Crippen LogP contribution in [0.15, 0.2) is 84.9 Å². The van der Waals surface area contributed by atoms with Crippen LogP contribution in [0.5, 0.6) is 5.75 Å². The molecule has 0 aromatic heterocycles. The second-order valence-electron chi connectivity index (χ2n) is 17.1. The second kappa shape index (κ2) is 17.9. The average Bonchev–Trinajstić information content (AvgIpc) is 3.38. The van der Waals surface area contributed by atoms with Crippen LogP contribution in [0.4, 0.5) is 4.79 Å². The Labute approximate surface area is 313 Å². The van der Waals surface area contributed by atoms with E-state index in [-0.39, 0.29) is 22.9 Å². The van der Waals surface area contributed by atoms with E-state index in [1.54, 1.807) is 0 Å². The molecule has 0 heterocycles. The number of hydrogen-bond donors (Lipinski definition) is 3. The molecule has 3 N–H and O–H groups in total. The molecule has 3 aromatic rings. The van der Waals surface area contributed by atoms with Gasteiger partial charge in [-0.3, -0.25) is 4.79 Å². The number of carbonyl (C=O) groups is 2.